The summed E-state index contributed by atoms with van der Waals surface area (Å²) in [7, 11) is 0. The molecular weight excluding hydrogens is 298 g/mol. The van der Waals surface area contributed by atoms with Gasteiger partial charge in [0.25, 0.3) is 0 Å². The number of hydrogen-bond donors (Lipinski definition) is 1. The fraction of sp³-hybridized carbons (Fsp3) is 0.333. The van der Waals surface area contributed by atoms with Crippen LogP contribution in [0.2, 0.25) is 0 Å². The fourth-order valence-corrected chi connectivity index (χ4v) is 1.78. The molecule has 0 saturated carbocycles. The van der Waals surface area contributed by atoms with Crippen LogP contribution in [0.5, 0.6) is 5.75 Å². The van der Waals surface area contributed by atoms with Gasteiger partial charge in [0.05, 0.1) is 6.54 Å². The van der Waals surface area contributed by atoms with Crippen LogP contribution in [0.4, 0.5) is 0 Å². The lowest BCUT2D eigenvalue weighted by Gasteiger charge is -2.06. The normalized spacial score (nSPS) is 10.6. The third kappa shape index (κ3) is 4.12. The second-order valence-corrected chi connectivity index (χ2v) is 4.63. The van der Waals surface area contributed by atoms with Crippen molar-refractivity contribution in [2.75, 3.05) is 13.2 Å². The van der Waals surface area contributed by atoms with Crippen molar-refractivity contribution in [3.8, 4) is 5.75 Å². The summed E-state index contributed by atoms with van der Waals surface area (Å²) in [5, 5.41) is 6.88. The quantitative estimate of drug-likeness (QED) is 0.830. The van der Waals surface area contributed by atoms with Crippen LogP contribution in [-0.2, 0) is 6.54 Å². The zero-order chi connectivity index (χ0) is 12.8. The smallest absolute Gasteiger partial charge is 0.240 e. The number of aromatic nitrogens is 2. The van der Waals surface area contributed by atoms with Crippen molar-refractivity contribution in [3.63, 3.8) is 0 Å². The average Bonchev–Trinajstić information content (AvgIpc) is 2.75. The summed E-state index contributed by atoms with van der Waals surface area (Å²) in [5.41, 5.74) is 0. The third-order valence-corrected chi connectivity index (χ3v) is 2.68. The minimum absolute atomic E-state index is 0.558. The molecule has 2 rings (SSSR count). The summed E-state index contributed by atoms with van der Waals surface area (Å²) in [6.07, 6.45) is 0. The largest absolute Gasteiger partial charge is 0.492 e. The van der Waals surface area contributed by atoms with Gasteiger partial charge in [-0.05, 0) is 25.1 Å². The molecule has 0 aliphatic rings. The standard InChI is InChI=1S/C12H14BrN3O2/c1-9-15-12(18-16-9)8-14-5-6-17-11-4-2-3-10(13)7-11/h2-4,7,14H,5-6,8H2,1H3. The van der Waals surface area contributed by atoms with Gasteiger partial charge >= 0.3 is 0 Å². The van der Waals surface area contributed by atoms with E-state index in [0.717, 1.165) is 10.2 Å². The summed E-state index contributed by atoms with van der Waals surface area (Å²) >= 11 is 3.39. The molecule has 1 heterocycles. The summed E-state index contributed by atoms with van der Waals surface area (Å²) in [4.78, 5) is 4.09. The van der Waals surface area contributed by atoms with Gasteiger partial charge in [-0.2, -0.15) is 4.98 Å². The molecular formula is C12H14BrN3O2. The number of ether oxygens (including phenoxy) is 1. The van der Waals surface area contributed by atoms with Gasteiger partial charge < -0.3 is 14.6 Å². The molecule has 1 aromatic carbocycles. The zero-order valence-corrected chi connectivity index (χ0v) is 11.6. The van der Waals surface area contributed by atoms with Gasteiger partial charge in [-0.25, -0.2) is 0 Å². The molecule has 0 saturated heterocycles. The zero-order valence-electron chi connectivity index (χ0n) is 10.0. The number of aryl methyl sites for hydroxylation is 1. The lowest BCUT2D eigenvalue weighted by Crippen LogP contribution is -2.20. The van der Waals surface area contributed by atoms with E-state index in [1.54, 1.807) is 6.92 Å². The maximum atomic E-state index is 5.57. The van der Waals surface area contributed by atoms with Crippen molar-refractivity contribution in [2.24, 2.45) is 0 Å². The van der Waals surface area contributed by atoms with E-state index in [0.29, 0.717) is 31.4 Å². The third-order valence-electron chi connectivity index (χ3n) is 2.19. The van der Waals surface area contributed by atoms with Gasteiger partial charge in [-0.1, -0.05) is 27.2 Å². The van der Waals surface area contributed by atoms with Crippen LogP contribution >= 0.6 is 15.9 Å². The van der Waals surface area contributed by atoms with Gasteiger partial charge in [-0.3, -0.25) is 0 Å². The molecule has 18 heavy (non-hydrogen) atoms. The van der Waals surface area contributed by atoms with Gasteiger partial charge in [0, 0.05) is 11.0 Å². The Hall–Kier alpha value is -1.40. The van der Waals surface area contributed by atoms with Crippen molar-refractivity contribution >= 4 is 15.9 Å². The Labute approximate surface area is 114 Å². The van der Waals surface area contributed by atoms with Crippen molar-refractivity contribution < 1.29 is 9.26 Å². The number of halogens is 1. The molecule has 1 N–H and O–H groups in total. The number of nitrogens with zero attached hydrogens (tertiary/aromatic N) is 2. The highest BCUT2D eigenvalue weighted by molar-refractivity contribution is 9.10. The van der Waals surface area contributed by atoms with E-state index in [9.17, 15) is 0 Å². The van der Waals surface area contributed by atoms with Gasteiger partial charge in [-0.15, -0.1) is 0 Å². The minimum Gasteiger partial charge on any atom is -0.492 e. The summed E-state index contributed by atoms with van der Waals surface area (Å²) in [5.74, 6) is 2.09. The van der Waals surface area contributed by atoms with E-state index >= 15 is 0 Å². The Balaban J connectivity index is 1.64. The van der Waals surface area contributed by atoms with Crippen molar-refractivity contribution in [3.05, 3.63) is 40.5 Å². The number of hydrogen-bond acceptors (Lipinski definition) is 5. The van der Waals surface area contributed by atoms with Crippen LogP contribution < -0.4 is 10.1 Å². The maximum Gasteiger partial charge on any atom is 0.240 e. The van der Waals surface area contributed by atoms with E-state index in [-0.39, 0.29) is 0 Å². The molecule has 96 valence electrons. The van der Waals surface area contributed by atoms with Crippen LogP contribution in [0.15, 0.2) is 33.3 Å². The molecule has 0 spiro atoms. The molecule has 0 amide bonds. The number of rotatable bonds is 6. The number of benzene rings is 1. The Morgan fingerprint density at radius 2 is 2.33 bits per heavy atom. The van der Waals surface area contributed by atoms with Crippen molar-refractivity contribution in [1.29, 1.82) is 0 Å². The Morgan fingerprint density at radius 1 is 1.44 bits per heavy atom. The Morgan fingerprint density at radius 3 is 3.06 bits per heavy atom. The summed E-state index contributed by atoms with van der Waals surface area (Å²) in [6, 6.07) is 7.75. The molecule has 0 aliphatic heterocycles. The average molecular weight is 312 g/mol. The first kappa shape index (κ1) is 13.0. The first-order chi connectivity index (χ1) is 8.74. The SMILES string of the molecule is Cc1noc(CNCCOc2cccc(Br)c2)n1. The molecule has 0 fully saturated rings. The molecule has 2 aromatic rings. The van der Waals surface area contributed by atoms with Crippen LogP contribution in [-0.4, -0.2) is 23.3 Å². The first-order valence-corrected chi connectivity index (χ1v) is 6.41. The highest BCUT2D eigenvalue weighted by Gasteiger charge is 2.01. The van der Waals surface area contributed by atoms with Gasteiger partial charge in [0.15, 0.2) is 5.82 Å². The van der Waals surface area contributed by atoms with E-state index in [1.807, 2.05) is 24.3 Å². The van der Waals surface area contributed by atoms with Crippen LogP contribution in [0.3, 0.4) is 0 Å². The van der Waals surface area contributed by atoms with Crippen LogP contribution in [0.25, 0.3) is 0 Å². The van der Waals surface area contributed by atoms with E-state index in [1.165, 1.54) is 0 Å². The first-order valence-electron chi connectivity index (χ1n) is 5.62. The molecule has 0 bridgehead atoms. The number of nitrogens with one attached hydrogen (secondary N) is 1. The van der Waals surface area contributed by atoms with E-state index in [2.05, 4.69) is 31.4 Å². The lowest BCUT2D eigenvalue weighted by molar-refractivity contribution is 0.305. The molecule has 5 nitrogen and oxygen atoms in total. The second kappa shape index (κ2) is 6.51. The summed E-state index contributed by atoms with van der Waals surface area (Å²) in [6.45, 7) is 3.66. The topological polar surface area (TPSA) is 60.2 Å². The van der Waals surface area contributed by atoms with Gasteiger partial charge in [0.1, 0.15) is 12.4 Å². The molecule has 0 unspecified atom stereocenters. The van der Waals surface area contributed by atoms with Gasteiger partial charge in [0.2, 0.25) is 5.89 Å². The minimum atomic E-state index is 0.558. The highest BCUT2D eigenvalue weighted by Crippen LogP contribution is 2.17. The van der Waals surface area contributed by atoms with Crippen molar-refractivity contribution in [1.82, 2.24) is 15.5 Å². The molecule has 1 aromatic heterocycles. The Kier molecular flexibility index (Phi) is 4.72. The van der Waals surface area contributed by atoms with E-state index in [4.69, 9.17) is 9.26 Å². The molecule has 0 aliphatic carbocycles. The molecule has 0 radical (unpaired) electrons. The Bertz CT molecular complexity index is 502. The van der Waals surface area contributed by atoms with E-state index < -0.39 is 0 Å². The molecule has 6 heteroatoms. The maximum absolute atomic E-state index is 5.57. The van der Waals surface area contributed by atoms with Crippen LogP contribution in [0, 0.1) is 6.92 Å². The predicted octanol–water partition coefficient (Wildman–Crippen LogP) is 2.31. The van der Waals surface area contributed by atoms with Crippen molar-refractivity contribution in [2.45, 2.75) is 13.5 Å². The monoisotopic (exact) mass is 311 g/mol. The fourth-order valence-electron chi connectivity index (χ4n) is 1.40. The predicted molar refractivity (Wildman–Crippen MR) is 70.4 cm³/mol. The highest BCUT2D eigenvalue weighted by atomic mass is 79.9. The lowest BCUT2D eigenvalue weighted by atomic mass is 10.3. The van der Waals surface area contributed by atoms with Crippen LogP contribution in [0.1, 0.15) is 11.7 Å². The summed E-state index contributed by atoms with van der Waals surface area (Å²) < 4.78 is 11.6. The second-order valence-electron chi connectivity index (χ2n) is 3.72. The molecule has 0 atom stereocenters.